The number of phenolic OH excluding ortho intramolecular Hbond substituents is 2. The van der Waals surface area contributed by atoms with Gasteiger partial charge in [-0.2, -0.15) is 0 Å². The summed E-state index contributed by atoms with van der Waals surface area (Å²) in [6.07, 6.45) is -0.182. The molecule has 0 saturated heterocycles. The van der Waals surface area contributed by atoms with Crippen LogP contribution in [-0.2, 0) is 5.41 Å². The third-order valence-corrected chi connectivity index (χ3v) is 5.18. The van der Waals surface area contributed by atoms with Crippen LogP contribution in [0, 0.1) is 0 Å². The number of hydrogen-bond acceptors (Lipinski definition) is 6. The average molecular weight is 354 g/mol. The lowest BCUT2D eigenvalue weighted by molar-refractivity contribution is 0.185. The zero-order chi connectivity index (χ0) is 18.8. The number of fused-ring (bicyclic) bond motifs is 3. The van der Waals surface area contributed by atoms with E-state index in [4.69, 9.17) is 9.15 Å². The Kier molecular flexibility index (Phi) is 3.25. The molecule has 0 aliphatic carbocycles. The standard InChI is InChI=1S/C20H18O6/c1-9-20(2,3)15-13(25-9)8-12(22)14-16(23)17(24)18(26-19(14)15)10-4-6-11(21)7-5-10/h4-9,21-22,24H,1-3H3/t9-/m1/s1. The fourth-order valence-electron chi connectivity index (χ4n) is 3.37. The zero-order valence-corrected chi connectivity index (χ0v) is 14.5. The fraction of sp³-hybridized carbons (Fsp3) is 0.250. The Bertz CT molecular complexity index is 1090. The summed E-state index contributed by atoms with van der Waals surface area (Å²) in [6.45, 7) is 5.84. The lowest BCUT2D eigenvalue weighted by Crippen LogP contribution is -2.29. The monoisotopic (exact) mass is 354 g/mol. The number of benzene rings is 2. The zero-order valence-electron chi connectivity index (χ0n) is 14.5. The summed E-state index contributed by atoms with van der Waals surface area (Å²) in [5, 5.41) is 30.1. The minimum atomic E-state index is -0.718. The molecule has 2 heterocycles. The van der Waals surface area contributed by atoms with E-state index in [1.165, 1.54) is 30.3 Å². The van der Waals surface area contributed by atoms with E-state index >= 15 is 0 Å². The molecule has 0 bridgehead atoms. The Morgan fingerprint density at radius 3 is 2.38 bits per heavy atom. The Morgan fingerprint density at radius 1 is 1.08 bits per heavy atom. The molecule has 0 spiro atoms. The third-order valence-electron chi connectivity index (χ3n) is 5.18. The van der Waals surface area contributed by atoms with E-state index in [1.54, 1.807) is 0 Å². The second-order valence-electron chi connectivity index (χ2n) is 7.11. The minimum absolute atomic E-state index is 0.0225. The number of phenols is 2. The summed E-state index contributed by atoms with van der Waals surface area (Å²) in [6, 6.07) is 7.32. The molecule has 0 fully saturated rings. The third kappa shape index (κ3) is 2.08. The van der Waals surface area contributed by atoms with Crippen molar-refractivity contribution >= 4 is 11.0 Å². The van der Waals surface area contributed by atoms with Crippen molar-refractivity contribution in [3.63, 3.8) is 0 Å². The van der Waals surface area contributed by atoms with Gasteiger partial charge in [-0.25, -0.2) is 0 Å². The first-order valence-corrected chi connectivity index (χ1v) is 8.24. The highest BCUT2D eigenvalue weighted by molar-refractivity contribution is 5.92. The van der Waals surface area contributed by atoms with Gasteiger partial charge in [0.1, 0.15) is 34.3 Å². The summed E-state index contributed by atoms with van der Waals surface area (Å²) >= 11 is 0. The molecule has 1 aromatic heterocycles. The van der Waals surface area contributed by atoms with Gasteiger partial charge in [0.05, 0.1) is 0 Å². The van der Waals surface area contributed by atoms with E-state index in [0.717, 1.165) is 0 Å². The SMILES string of the molecule is C[C@H]1Oc2cc(O)c3c(=O)c(O)c(-c4ccc(O)cc4)oc3c2C1(C)C. The van der Waals surface area contributed by atoms with Gasteiger partial charge in [-0.15, -0.1) is 0 Å². The van der Waals surface area contributed by atoms with Gasteiger partial charge in [0.15, 0.2) is 5.76 Å². The minimum Gasteiger partial charge on any atom is -0.508 e. The van der Waals surface area contributed by atoms with Gasteiger partial charge < -0.3 is 24.5 Å². The Morgan fingerprint density at radius 2 is 1.73 bits per heavy atom. The molecular formula is C20H18O6. The molecule has 0 radical (unpaired) electrons. The van der Waals surface area contributed by atoms with Crippen LogP contribution in [0.25, 0.3) is 22.3 Å². The highest BCUT2D eigenvalue weighted by Crippen LogP contribution is 2.49. The smallest absolute Gasteiger partial charge is 0.238 e. The summed E-state index contributed by atoms with van der Waals surface area (Å²) < 4.78 is 11.8. The number of rotatable bonds is 1. The van der Waals surface area contributed by atoms with E-state index in [1.807, 2.05) is 20.8 Å². The molecule has 6 heteroatoms. The number of ether oxygens (including phenoxy) is 1. The molecule has 1 aliphatic heterocycles. The second-order valence-corrected chi connectivity index (χ2v) is 7.11. The van der Waals surface area contributed by atoms with Gasteiger partial charge in [-0.3, -0.25) is 4.79 Å². The van der Waals surface area contributed by atoms with Crippen molar-refractivity contribution in [1.29, 1.82) is 0 Å². The maximum absolute atomic E-state index is 12.7. The van der Waals surface area contributed by atoms with Crippen molar-refractivity contribution in [3.8, 4) is 34.3 Å². The molecule has 0 saturated carbocycles. The summed E-state index contributed by atoms with van der Waals surface area (Å²) in [7, 11) is 0. The van der Waals surface area contributed by atoms with Crippen molar-refractivity contribution in [1.82, 2.24) is 0 Å². The topological polar surface area (TPSA) is 100 Å². The van der Waals surface area contributed by atoms with Crippen molar-refractivity contribution in [2.45, 2.75) is 32.3 Å². The van der Waals surface area contributed by atoms with Gasteiger partial charge in [-0.05, 0) is 31.2 Å². The van der Waals surface area contributed by atoms with Gasteiger partial charge in [0.25, 0.3) is 0 Å². The summed E-state index contributed by atoms with van der Waals surface area (Å²) in [5.74, 6) is -0.407. The highest BCUT2D eigenvalue weighted by atomic mass is 16.5. The van der Waals surface area contributed by atoms with E-state index < -0.39 is 16.6 Å². The maximum Gasteiger partial charge on any atom is 0.238 e. The molecule has 3 aromatic rings. The maximum atomic E-state index is 12.7. The van der Waals surface area contributed by atoms with Crippen molar-refractivity contribution in [3.05, 3.63) is 46.1 Å². The van der Waals surface area contributed by atoms with E-state index in [2.05, 4.69) is 0 Å². The molecule has 0 unspecified atom stereocenters. The predicted octanol–water partition coefficient (Wildman–Crippen LogP) is 3.64. The van der Waals surface area contributed by atoms with Crippen molar-refractivity contribution < 1.29 is 24.5 Å². The van der Waals surface area contributed by atoms with Crippen molar-refractivity contribution in [2.75, 3.05) is 0 Å². The van der Waals surface area contributed by atoms with Gasteiger partial charge >= 0.3 is 0 Å². The second kappa shape index (κ2) is 5.17. The van der Waals surface area contributed by atoms with Crippen LogP contribution < -0.4 is 10.2 Å². The summed E-state index contributed by atoms with van der Waals surface area (Å²) in [5.41, 5.74) is 0.127. The number of hydrogen-bond donors (Lipinski definition) is 3. The molecule has 26 heavy (non-hydrogen) atoms. The molecular weight excluding hydrogens is 336 g/mol. The quantitative estimate of drug-likeness (QED) is 0.617. The van der Waals surface area contributed by atoms with E-state index in [-0.39, 0.29) is 34.3 Å². The Hall–Kier alpha value is -3.15. The Labute approximate surface area is 148 Å². The number of aromatic hydroxyl groups is 3. The van der Waals surface area contributed by atoms with Crippen LogP contribution in [0.4, 0.5) is 0 Å². The van der Waals surface area contributed by atoms with Gasteiger partial charge in [0.2, 0.25) is 11.2 Å². The summed E-state index contributed by atoms with van der Waals surface area (Å²) in [4.78, 5) is 12.7. The lowest BCUT2D eigenvalue weighted by Gasteiger charge is -2.22. The van der Waals surface area contributed by atoms with Gasteiger partial charge in [0, 0.05) is 22.6 Å². The molecule has 134 valence electrons. The van der Waals surface area contributed by atoms with Crippen LogP contribution in [0.2, 0.25) is 0 Å². The first-order valence-electron chi connectivity index (χ1n) is 8.24. The largest absolute Gasteiger partial charge is 0.508 e. The molecule has 4 rings (SSSR count). The normalized spacial score (nSPS) is 17.9. The fourth-order valence-corrected chi connectivity index (χ4v) is 3.37. The van der Waals surface area contributed by atoms with Gasteiger partial charge in [-0.1, -0.05) is 13.8 Å². The van der Waals surface area contributed by atoms with Crippen LogP contribution in [0.5, 0.6) is 23.0 Å². The first-order chi connectivity index (χ1) is 12.2. The van der Waals surface area contributed by atoms with Crippen LogP contribution in [0.1, 0.15) is 26.3 Å². The highest BCUT2D eigenvalue weighted by Gasteiger charge is 2.42. The molecule has 3 N–H and O–H groups in total. The van der Waals surface area contributed by atoms with Crippen molar-refractivity contribution in [2.24, 2.45) is 0 Å². The Balaban J connectivity index is 2.13. The molecule has 1 atom stereocenters. The predicted molar refractivity (Wildman–Crippen MR) is 96.0 cm³/mol. The van der Waals surface area contributed by atoms with Crippen LogP contribution in [0.3, 0.4) is 0 Å². The average Bonchev–Trinajstić information content (AvgIpc) is 2.80. The van der Waals surface area contributed by atoms with Crippen LogP contribution >= 0.6 is 0 Å². The van der Waals surface area contributed by atoms with E-state index in [9.17, 15) is 20.1 Å². The molecule has 0 amide bonds. The van der Waals surface area contributed by atoms with Crippen LogP contribution in [0.15, 0.2) is 39.5 Å². The lowest BCUT2D eigenvalue weighted by atomic mass is 9.81. The molecule has 1 aliphatic rings. The molecule has 2 aromatic carbocycles. The van der Waals surface area contributed by atoms with Crippen LogP contribution in [-0.4, -0.2) is 21.4 Å². The first kappa shape index (κ1) is 16.3. The molecule has 6 nitrogen and oxygen atoms in total. The van der Waals surface area contributed by atoms with E-state index in [0.29, 0.717) is 16.9 Å².